The summed E-state index contributed by atoms with van der Waals surface area (Å²) in [5, 5.41) is 5.20. The number of esters is 1. The summed E-state index contributed by atoms with van der Waals surface area (Å²) in [5.74, 6) is -2.16. The van der Waals surface area contributed by atoms with Crippen LogP contribution in [0.5, 0.6) is 5.75 Å². The first kappa shape index (κ1) is 21.7. The Labute approximate surface area is 151 Å². The molecular weight excluding hydrogens is 375 g/mol. The molecule has 0 fully saturated rings. The van der Waals surface area contributed by atoms with Crippen molar-refractivity contribution in [1.82, 2.24) is 16.0 Å². The third kappa shape index (κ3) is 9.09. The van der Waals surface area contributed by atoms with Gasteiger partial charge < -0.3 is 20.1 Å². The minimum atomic E-state index is -4.63. The Morgan fingerprint density at radius 3 is 2.22 bits per heavy atom. The van der Waals surface area contributed by atoms with Gasteiger partial charge in [-0.2, -0.15) is 13.2 Å². The van der Waals surface area contributed by atoms with E-state index in [1.165, 1.54) is 24.6 Å². The van der Waals surface area contributed by atoms with Gasteiger partial charge in [0, 0.05) is 5.56 Å². The highest BCUT2D eigenvalue weighted by atomic mass is 19.4. The Morgan fingerprint density at radius 1 is 1.04 bits per heavy atom. The molecular formula is C15H16F3N3O6. The monoisotopic (exact) mass is 391 g/mol. The van der Waals surface area contributed by atoms with Crippen molar-refractivity contribution < 1.29 is 41.8 Å². The van der Waals surface area contributed by atoms with Crippen molar-refractivity contribution in [2.75, 3.05) is 26.8 Å². The Bertz CT molecular complexity index is 691. The molecule has 9 nitrogen and oxygen atoms in total. The van der Waals surface area contributed by atoms with Gasteiger partial charge in [-0.05, 0) is 24.3 Å². The van der Waals surface area contributed by atoms with Crippen molar-refractivity contribution in [3.8, 4) is 5.75 Å². The lowest BCUT2D eigenvalue weighted by Crippen LogP contribution is -2.44. The molecule has 1 aromatic rings. The minimum Gasteiger partial charge on any atom is -0.497 e. The van der Waals surface area contributed by atoms with E-state index < -0.39 is 49.7 Å². The molecule has 1 aromatic carbocycles. The maximum absolute atomic E-state index is 11.9. The summed E-state index contributed by atoms with van der Waals surface area (Å²) in [6.45, 7) is -3.08. The summed E-state index contributed by atoms with van der Waals surface area (Å²) in [7, 11) is 1.46. The third-order valence-electron chi connectivity index (χ3n) is 2.81. The minimum absolute atomic E-state index is 0.252. The van der Waals surface area contributed by atoms with Gasteiger partial charge in [-0.15, -0.1) is 0 Å². The van der Waals surface area contributed by atoms with Crippen LogP contribution in [-0.4, -0.2) is 56.8 Å². The summed E-state index contributed by atoms with van der Waals surface area (Å²) < 4.78 is 45.1. The number of ether oxygens (including phenoxy) is 2. The summed E-state index contributed by atoms with van der Waals surface area (Å²) in [6.07, 6.45) is -4.63. The van der Waals surface area contributed by atoms with E-state index in [9.17, 15) is 32.3 Å². The highest BCUT2D eigenvalue weighted by molar-refractivity contribution is 5.97. The zero-order valence-electron chi connectivity index (χ0n) is 14.0. The van der Waals surface area contributed by atoms with Gasteiger partial charge in [-0.1, -0.05) is 0 Å². The van der Waals surface area contributed by atoms with Crippen LogP contribution >= 0.6 is 0 Å². The summed E-state index contributed by atoms with van der Waals surface area (Å²) in [5.41, 5.74) is 0.252. The average Bonchev–Trinajstić information content (AvgIpc) is 2.62. The van der Waals surface area contributed by atoms with Crippen molar-refractivity contribution in [2.45, 2.75) is 6.18 Å². The molecule has 0 spiro atoms. The van der Waals surface area contributed by atoms with Crippen LogP contribution in [0.4, 0.5) is 18.0 Å². The second-order valence-corrected chi connectivity index (χ2v) is 4.92. The van der Waals surface area contributed by atoms with E-state index in [2.05, 4.69) is 10.1 Å². The molecule has 4 amide bonds. The molecule has 0 saturated heterocycles. The van der Waals surface area contributed by atoms with E-state index >= 15 is 0 Å². The van der Waals surface area contributed by atoms with Crippen LogP contribution in [-0.2, 0) is 14.3 Å². The summed E-state index contributed by atoms with van der Waals surface area (Å²) in [4.78, 5) is 45.5. The molecule has 0 unspecified atom stereocenters. The van der Waals surface area contributed by atoms with Gasteiger partial charge in [0.1, 0.15) is 18.8 Å². The second-order valence-electron chi connectivity index (χ2n) is 4.92. The fourth-order valence-electron chi connectivity index (χ4n) is 1.58. The SMILES string of the molecule is COc1ccc(C(=O)NCC(=O)OCC(=O)NC(=O)NCC(F)(F)F)cc1. The average molecular weight is 391 g/mol. The lowest BCUT2D eigenvalue weighted by atomic mass is 10.2. The first-order valence-corrected chi connectivity index (χ1v) is 7.33. The molecule has 0 aromatic heterocycles. The summed E-state index contributed by atoms with van der Waals surface area (Å²) in [6, 6.07) is 4.63. The number of halogens is 3. The number of imide groups is 1. The van der Waals surface area contributed by atoms with Crippen molar-refractivity contribution >= 4 is 23.8 Å². The van der Waals surface area contributed by atoms with Crippen LogP contribution in [0.15, 0.2) is 24.3 Å². The van der Waals surface area contributed by atoms with E-state index in [0.29, 0.717) is 5.75 Å². The zero-order chi connectivity index (χ0) is 20.4. The van der Waals surface area contributed by atoms with Crippen molar-refractivity contribution in [3.63, 3.8) is 0 Å². The molecule has 1 rings (SSSR count). The lowest BCUT2D eigenvalue weighted by molar-refractivity contribution is -0.147. The lowest BCUT2D eigenvalue weighted by Gasteiger charge is -2.09. The molecule has 0 bridgehead atoms. The molecule has 0 aliphatic carbocycles. The number of hydrogen-bond acceptors (Lipinski definition) is 6. The predicted molar refractivity (Wildman–Crippen MR) is 83.9 cm³/mol. The molecule has 0 saturated carbocycles. The number of alkyl halides is 3. The fraction of sp³-hybridized carbons (Fsp3) is 0.333. The topological polar surface area (TPSA) is 123 Å². The van der Waals surface area contributed by atoms with Crippen molar-refractivity contribution in [2.24, 2.45) is 0 Å². The van der Waals surface area contributed by atoms with Crippen LogP contribution in [0.25, 0.3) is 0 Å². The van der Waals surface area contributed by atoms with Gasteiger partial charge in [-0.3, -0.25) is 19.7 Å². The Balaban J connectivity index is 2.28. The Kier molecular flexibility index (Phi) is 8.04. The highest BCUT2D eigenvalue weighted by Gasteiger charge is 2.28. The van der Waals surface area contributed by atoms with E-state index in [4.69, 9.17) is 4.74 Å². The van der Waals surface area contributed by atoms with Crippen LogP contribution in [0.2, 0.25) is 0 Å². The number of carbonyl (C=O) groups is 4. The van der Waals surface area contributed by atoms with Crippen LogP contribution in [0.3, 0.4) is 0 Å². The fourth-order valence-corrected chi connectivity index (χ4v) is 1.58. The van der Waals surface area contributed by atoms with Gasteiger partial charge >= 0.3 is 18.2 Å². The van der Waals surface area contributed by atoms with Gasteiger partial charge in [0.2, 0.25) is 0 Å². The van der Waals surface area contributed by atoms with Crippen LogP contribution < -0.4 is 20.7 Å². The Hall–Kier alpha value is -3.31. The number of carbonyl (C=O) groups excluding carboxylic acids is 4. The zero-order valence-corrected chi connectivity index (χ0v) is 14.0. The highest BCUT2D eigenvalue weighted by Crippen LogP contribution is 2.12. The van der Waals surface area contributed by atoms with Gasteiger partial charge in [-0.25, -0.2) is 4.79 Å². The van der Waals surface area contributed by atoms with E-state index in [0.717, 1.165) is 0 Å². The predicted octanol–water partition coefficient (Wildman–Crippen LogP) is 0.356. The molecule has 0 heterocycles. The van der Waals surface area contributed by atoms with E-state index in [-0.39, 0.29) is 5.56 Å². The first-order valence-electron chi connectivity index (χ1n) is 7.33. The maximum atomic E-state index is 11.9. The maximum Gasteiger partial charge on any atom is 0.405 e. The second kappa shape index (κ2) is 9.99. The molecule has 12 heteroatoms. The van der Waals surface area contributed by atoms with E-state index in [1.54, 1.807) is 17.4 Å². The number of urea groups is 1. The smallest absolute Gasteiger partial charge is 0.405 e. The standard InChI is InChI=1S/C15H16F3N3O6/c1-26-10-4-2-9(3-5-10)13(24)19-6-12(23)27-7-11(22)21-14(25)20-8-15(16,17)18/h2-5H,6-8H2,1H3,(H,19,24)(H2,20,21,22,25). The number of amides is 4. The normalized spacial score (nSPS) is 10.5. The number of nitrogens with one attached hydrogen (secondary N) is 3. The molecule has 0 aliphatic heterocycles. The number of benzene rings is 1. The van der Waals surface area contributed by atoms with Crippen molar-refractivity contribution in [3.05, 3.63) is 29.8 Å². The largest absolute Gasteiger partial charge is 0.497 e. The quantitative estimate of drug-likeness (QED) is 0.577. The number of rotatable bonds is 7. The number of methoxy groups -OCH3 is 1. The number of hydrogen-bond donors (Lipinski definition) is 3. The van der Waals surface area contributed by atoms with Gasteiger partial charge in [0.15, 0.2) is 6.61 Å². The van der Waals surface area contributed by atoms with Gasteiger partial charge in [0.05, 0.1) is 7.11 Å². The first-order chi connectivity index (χ1) is 12.6. The molecule has 0 radical (unpaired) electrons. The van der Waals surface area contributed by atoms with E-state index in [1.807, 2.05) is 0 Å². The summed E-state index contributed by atoms with van der Waals surface area (Å²) >= 11 is 0. The molecule has 0 atom stereocenters. The van der Waals surface area contributed by atoms with Crippen molar-refractivity contribution in [1.29, 1.82) is 0 Å². The molecule has 27 heavy (non-hydrogen) atoms. The van der Waals surface area contributed by atoms with Crippen LogP contribution in [0, 0.1) is 0 Å². The Morgan fingerprint density at radius 2 is 1.67 bits per heavy atom. The molecule has 0 aliphatic rings. The van der Waals surface area contributed by atoms with Crippen LogP contribution in [0.1, 0.15) is 10.4 Å². The third-order valence-corrected chi connectivity index (χ3v) is 2.81. The molecule has 3 N–H and O–H groups in total. The molecule has 148 valence electrons. The van der Waals surface area contributed by atoms with Gasteiger partial charge in [0.25, 0.3) is 11.8 Å².